The van der Waals surface area contributed by atoms with E-state index in [2.05, 4.69) is 67.8 Å². The summed E-state index contributed by atoms with van der Waals surface area (Å²) in [6.45, 7) is 4.78. The van der Waals surface area contributed by atoms with Crippen molar-refractivity contribution in [2.24, 2.45) is 0 Å². The Hall–Kier alpha value is -1.80. The standard InChI is InChI=1S/C53H99N2O6P/c1-6-8-10-12-14-16-18-20-22-24-26-27-29-31-33-35-37-39-41-43-45-47-53(57)54-51(50-61-62(58,59)60-49-48-55(3,4)5)52(56)46-44-42-40-38-36-34-32-30-28-25-23-21-19-17-15-13-11-9-7-2/h18,20,24,26,29,31,36,38,44,46,51-52,56H,6-17,19,21-23,25,27-28,30,32-35,37,39-43,45,47-50H2,1-5H3,(H-,54,57,58,59)/p+1/b20-18-,26-24-,31-29-,38-36+,46-44+. The fourth-order valence-electron chi connectivity index (χ4n) is 7.12. The molecule has 0 aliphatic rings. The van der Waals surface area contributed by atoms with Gasteiger partial charge in [-0.1, -0.05) is 203 Å². The normalized spacial score (nSPS) is 14.6. The Kier molecular flexibility index (Phi) is 43.1. The minimum atomic E-state index is -4.36. The summed E-state index contributed by atoms with van der Waals surface area (Å²) in [4.78, 5) is 23.2. The van der Waals surface area contributed by atoms with E-state index in [1.54, 1.807) is 6.08 Å². The number of hydrogen-bond acceptors (Lipinski definition) is 5. The second kappa shape index (κ2) is 44.4. The van der Waals surface area contributed by atoms with Crippen LogP contribution >= 0.6 is 7.82 Å². The molecule has 9 heteroatoms. The Bertz CT molecular complexity index is 1190. The average Bonchev–Trinajstić information content (AvgIpc) is 3.23. The van der Waals surface area contributed by atoms with Crippen LogP contribution in [0.1, 0.15) is 219 Å². The number of aliphatic hydroxyl groups is 1. The van der Waals surface area contributed by atoms with Gasteiger partial charge in [-0.2, -0.15) is 0 Å². The number of nitrogens with one attached hydrogen (secondary N) is 1. The van der Waals surface area contributed by atoms with Gasteiger partial charge in [0.25, 0.3) is 0 Å². The number of allylic oxidation sites excluding steroid dienone is 9. The maximum atomic E-state index is 12.9. The van der Waals surface area contributed by atoms with Gasteiger partial charge in [-0.25, -0.2) is 4.57 Å². The van der Waals surface area contributed by atoms with Crippen molar-refractivity contribution in [2.75, 3.05) is 40.9 Å². The van der Waals surface area contributed by atoms with E-state index in [-0.39, 0.29) is 19.1 Å². The van der Waals surface area contributed by atoms with Crippen molar-refractivity contribution in [2.45, 2.75) is 231 Å². The van der Waals surface area contributed by atoms with Gasteiger partial charge in [0.1, 0.15) is 13.2 Å². The molecule has 0 bridgehead atoms. The predicted octanol–water partition coefficient (Wildman–Crippen LogP) is 15.0. The van der Waals surface area contributed by atoms with Crippen LogP contribution in [0.3, 0.4) is 0 Å². The Morgan fingerprint density at radius 1 is 0.548 bits per heavy atom. The van der Waals surface area contributed by atoms with Crippen LogP contribution in [0.25, 0.3) is 0 Å². The predicted molar refractivity (Wildman–Crippen MR) is 267 cm³/mol. The van der Waals surface area contributed by atoms with Crippen LogP contribution < -0.4 is 5.32 Å². The molecule has 62 heavy (non-hydrogen) atoms. The molecule has 0 aliphatic carbocycles. The number of unbranched alkanes of at least 4 members (excludes halogenated alkanes) is 25. The lowest BCUT2D eigenvalue weighted by molar-refractivity contribution is -0.870. The van der Waals surface area contributed by atoms with Crippen LogP contribution in [0.2, 0.25) is 0 Å². The maximum Gasteiger partial charge on any atom is 0.472 e. The lowest BCUT2D eigenvalue weighted by Crippen LogP contribution is -2.45. The highest BCUT2D eigenvalue weighted by Crippen LogP contribution is 2.43. The summed E-state index contributed by atoms with van der Waals surface area (Å²) in [7, 11) is 1.54. The SMILES string of the molecule is CCCCCCC/C=C\C/C=C\C/C=C\CCCCCCCCC(=O)NC(COP(=O)(O)OCC[N+](C)(C)C)C(O)/C=C/CC/C=C/CCCCCCCCCCCCCCC. The monoisotopic (exact) mass is 892 g/mol. The highest BCUT2D eigenvalue weighted by atomic mass is 31.2. The molecule has 8 nitrogen and oxygen atoms in total. The molecule has 3 unspecified atom stereocenters. The highest BCUT2D eigenvalue weighted by molar-refractivity contribution is 7.47. The number of phosphoric ester groups is 1. The van der Waals surface area contributed by atoms with Crippen LogP contribution in [0.5, 0.6) is 0 Å². The van der Waals surface area contributed by atoms with Crippen LogP contribution in [-0.2, 0) is 18.4 Å². The number of nitrogens with zero attached hydrogens (tertiary/aromatic N) is 1. The molecule has 0 rings (SSSR count). The van der Waals surface area contributed by atoms with Gasteiger partial charge < -0.3 is 19.8 Å². The Labute approximate surface area is 383 Å². The molecule has 0 aromatic heterocycles. The third-order valence-electron chi connectivity index (χ3n) is 11.2. The molecular weight excluding hydrogens is 792 g/mol. The molecule has 362 valence electrons. The van der Waals surface area contributed by atoms with Crippen LogP contribution in [0.4, 0.5) is 0 Å². The number of carbonyl (C=O) groups is 1. The number of amides is 1. The summed E-state index contributed by atoms with van der Waals surface area (Å²) in [6.07, 6.45) is 58.7. The van der Waals surface area contributed by atoms with Crippen molar-refractivity contribution < 1.29 is 32.9 Å². The molecule has 1 amide bonds. The molecular formula is C53H100N2O6P+. The fourth-order valence-corrected chi connectivity index (χ4v) is 7.86. The van der Waals surface area contributed by atoms with E-state index < -0.39 is 20.0 Å². The molecule has 0 aliphatic heterocycles. The number of hydrogen-bond donors (Lipinski definition) is 3. The number of carbonyl (C=O) groups excluding carboxylic acids is 1. The molecule has 3 N–H and O–H groups in total. The van der Waals surface area contributed by atoms with Crippen molar-refractivity contribution >= 4 is 13.7 Å². The van der Waals surface area contributed by atoms with Gasteiger partial charge in [0, 0.05) is 6.42 Å². The number of likely N-dealkylation sites (N-methyl/N-ethyl adjacent to an activating group) is 1. The topological polar surface area (TPSA) is 105 Å². The van der Waals surface area contributed by atoms with Gasteiger partial charge in [0.2, 0.25) is 5.91 Å². The molecule has 0 spiro atoms. The number of phosphoric acid groups is 1. The second-order valence-electron chi connectivity index (χ2n) is 18.5. The van der Waals surface area contributed by atoms with E-state index in [1.165, 1.54) is 135 Å². The van der Waals surface area contributed by atoms with Crippen molar-refractivity contribution in [3.8, 4) is 0 Å². The fraction of sp³-hybridized carbons (Fsp3) is 0.792. The minimum absolute atomic E-state index is 0.0512. The Morgan fingerprint density at radius 2 is 0.935 bits per heavy atom. The van der Waals surface area contributed by atoms with Gasteiger partial charge in [-0.3, -0.25) is 13.8 Å². The third kappa shape index (κ3) is 46.2. The summed E-state index contributed by atoms with van der Waals surface area (Å²) in [5.74, 6) is -0.200. The van der Waals surface area contributed by atoms with Gasteiger partial charge in [-0.05, 0) is 70.6 Å². The largest absolute Gasteiger partial charge is 0.472 e. The third-order valence-corrected chi connectivity index (χ3v) is 12.2. The summed E-state index contributed by atoms with van der Waals surface area (Å²) in [6, 6.07) is -0.873. The second-order valence-corrected chi connectivity index (χ2v) is 20.0. The highest BCUT2D eigenvalue weighted by Gasteiger charge is 2.27. The van der Waals surface area contributed by atoms with Crippen LogP contribution in [0.15, 0.2) is 60.8 Å². The van der Waals surface area contributed by atoms with E-state index in [4.69, 9.17) is 9.05 Å². The number of aliphatic hydroxyl groups excluding tert-OH is 1. The molecule has 0 heterocycles. The van der Waals surface area contributed by atoms with Crippen molar-refractivity contribution in [3.05, 3.63) is 60.8 Å². The van der Waals surface area contributed by atoms with E-state index in [0.29, 0.717) is 17.4 Å². The molecule has 0 aromatic carbocycles. The quantitative estimate of drug-likeness (QED) is 0.0243. The molecule has 3 atom stereocenters. The summed E-state index contributed by atoms with van der Waals surface area (Å²) < 4.78 is 23.6. The first kappa shape index (κ1) is 60.2. The lowest BCUT2D eigenvalue weighted by Gasteiger charge is -2.25. The van der Waals surface area contributed by atoms with Crippen molar-refractivity contribution in [3.63, 3.8) is 0 Å². The summed E-state index contributed by atoms with van der Waals surface area (Å²) >= 11 is 0. The van der Waals surface area contributed by atoms with E-state index in [9.17, 15) is 19.4 Å². The summed E-state index contributed by atoms with van der Waals surface area (Å²) in [5, 5.41) is 13.9. The average molecular weight is 892 g/mol. The maximum absolute atomic E-state index is 12.9. The number of rotatable bonds is 46. The van der Waals surface area contributed by atoms with Gasteiger partial charge in [-0.15, -0.1) is 0 Å². The molecule has 0 aromatic rings. The Morgan fingerprint density at radius 3 is 1.40 bits per heavy atom. The van der Waals surface area contributed by atoms with Crippen molar-refractivity contribution in [1.29, 1.82) is 0 Å². The zero-order chi connectivity index (χ0) is 45.7. The van der Waals surface area contributed by atoms with E-state index >= 15 is 0 Å². The molecule has 0 fully saturated rings. The summed E-state index contributed by atoms with van der Waals surface area (Å²) in [5.41, 5.74) is 0. The first-order valence-electron chi connectivity index (χ1n) is 25.7. The van der Waals surface area contributed by atoms with Gasteiger partial charge in [0.15, 0.2) is 0 Å². The zero-order valence-corrected chi connectivity index (χ0v) is 42.0. The minimum Gasteiger partial charge on any atom is -0.387 e. The van der Waals surface area contributed by atoms with Gasteiger partial charge in [0.05, 0.1) is 39.9 Å². The number of quaternary nitrogens is 1. The van der Waals surface area contributed by atoms with Crippen LogP contribution in [0, 0.1) is 0 Å². The first-order valence-corrected chi connectivity index (χ1v) is 27.2. The Balaban J connectivity index is 4.41. The lowest BCUT2D eigenvalue weighted by atomic mass is 10.0. The first-order chi connectivity index (χ1) is 30.0. The van der Waals surface area contributed by atoms with Crippen LogP contribution in [-0.4, -0.2) is 73.4 Å². The van der Waals surface area contributed by atoms with Crippen molar-refractivity contribution in [1.82, 2.24) is 5.32 Å². The zero-order valence-electron chi connectivity index (χ0n) is 41.1. The van der Waals surface area contributed by atoms with E-state index in [1.807, 2.05) is 27.2 Å². The van der Waals surface area contributed by atoms with E-state index in [0.717, 1.165) is 64.2 Å². The smallest absolute Gasteiger partial charge is 0.387 e. The molecule has 0 saturated carbocycles. The molecule has 0 radical (unpaired) electrons. The van der Waals surface area contributed by atoms with Gasteiger partial charge >= 0.3 is 7.82 Å². The molecule has 0 saturated heterocycles.